The van der Waals surface area contributed by atoms with E-state index in [0.717, 1.165) is 29.1 Å². The van der Waals surface area contributed by atoms with Crippen LogP contribution in [0.4, 0.5) is 0 Å². The topological polar surface area (TPSA) is 54.7 Å². The Balaban J connectivity index is 2.48. The first-order valence-corrected chi connectivity index (χ1v) is 5.59. The molecule has 3 heteroatoms. The molecular formula is C13H17N3. The van der Waals surface area contributed by atoms with Gasteiger partial charge in [-0.05, 0) is 25.0 Å². The smallest absolute Gasteiger partial charge is 0.103 e. The maximum absolute atomic E-state index is 5.64. The molecule has 16 heavy (non-hydrogen) atoms. The molecule has 3 N–H and O–H groups in total. The van der Waals surface area contributed by atoms with E-state index in [4.69, 9.17) is 5.73 Å². The summed E-state index contributed by atoms with van der Waals surface area (Å²) in [4.78, 5) is 7.82. The fourth-order valence-corrected chi connectivity index (χ4v) is 1.88. The van der Waals surface area contributed by atoms with Gasteiger partial charge in [-0.2, -0.15) is 0 Å². The van der Waals surface area contributed by atoms with Gasteiger partial charge in [-0.25, -0.2) is 4.98 Å². The second-order valence-electron chi connectivity index (χ2n) is 3.91. The third-order valence-electron chi connectivity index (χ3n) is 2.69. The molecule has 2 rings (SSSR count). The number of rotatable bonds is 3. The normalized spacial score (nSPS) is 10.7. The van der Waals surface area contributed by atoms with E-state index in [1.165, 1.54) is 5.69 Å². The van der Waals surface area contributed by atoms with E-state index in [0.29, 0.717) is 6.54 Å². The van der Waals surface area contributed by atoms with Crippen LogP contribution in [0, 0.1) is 6.92 Å². The summed E-state index contributed by atoms with van der Waals surface area (Å²) < 4.78 is 0. The molecule has 1 aromatic carbocycles. The summed E-state index contributed by atoms with van der Waals surface area (Å²) in [5, 5.41) is 0. The van der Waals surface area contributed by atoms with Gasteiger partial charge in [0.2, 0.25) is 0 Å². The lowest BCUT2D eigenvalue weighted by Crippen LogP contribution is -1.96. The molecule has 0 saturated heterocycles. The quantitative estimate of drug-likeness (QED) is 0.826. The van der Waals surface area contributed by atoms with Gasteiger partial charge < -0.3 is 10.7 Å². The highest BCUT2D eigenvalue weighted by Gasteiger charge is 2.08. The first-order chi connectivity index (χ1) is 7.74. The average Bonchev–Trinajstić information content (AvgIpc) is 2.70. The van der Waals surface area contributed by atoms with Crippen molar-refractivity contribution < 1.29 is 0 Å². The van der Waals surface area contributed by atoms with Gasteiger partial charge in [0.05, 0.1) is 5.69 Å². The standard InChI is InChI=1S/C13H17N3/c1-3-12-13(16-9(2)15-12)11-6-4-5-10(7-11)8-14/h4-7H,3,8,14H2,1-2H3,(H,15,16). The summed E-state index contributed by atoms with van der Waals surface area (Å²) in [7, 11) is 0. The number of aryl methyl sites for hydroxylation is 2. The number of nitrogens with one attached hydrogen (secondary N) is 1. The third kappa shape index (κ3) is 1.99. The van der Waals surface area contributed by atoms with Crippen LogP contribution in [0.25, 0.3) is 11.3 Å². The highest BCUT2D eigenvalue weighted by atomic mass is 14.9. The number of imidazole rings is 1. The van der Waals surface area contributed by atoms with Gasteiger partial charge in [0.25, 0.3) is 0 Å². The molecule has 0 fully saturated rings. The molecule has 0 atom stereocenters. The Morgan fingerprint density at radius 2 is 2.19 bits per heavy atom. The molecule has 0 bridgehead atoms. The van der Waals surface area contributed by atoms with E-state index in [-0.39, 0.29) is 0 Å². The van der Waals surface area contributed by atoms with Gasteiger partial charge >= 0.3 is 0 Å². The first-order valence-electron chi connectivity index (χ1n) is 5.59. The maximum Gasteiger partial charge on any atom is 0.103 e. The van der Waals surface area contributed by atoms with E-state index >= 15 is 0 Å². The van der Waals surface area contributed by atoms with Crippen molar-refractivity contribution >= 4 is 0 Å². The largest absolute Gasteiger partial charge is 0.346 e. The van der Waals surface area contributed by atoms with Crippen LogP contribution >= 0.6 is 0 Å². The minimum Gasteiger partial charge on any atom is -0.346 e. The Morgan fingerprint density at radius 1 is 1.38 bits per heavy atom. The predicted molar refractivity (Wildman–Crippen MR) is 66.0 cm³/mol. The second kappa shape index (κ2) is 4.49. The number of aromatic amines is 1. The SMILES string of the molecule is CCc1[nH]c(C)nc1-c1cccc(CN)c1. The van der Waals surface area contributed by atoms with Gasteiger partial charge in [0.1, 0.15) is 5.82 Å². The summed E-state index contributed by atoms with van der Waals surface area (Å²) in [5.74, 6) is 0.963. The zero-order valence-corrected chi connectivity index (χ0v) is 9.75. The van der Waals surface area contributed by atoms with Crippen LogP contribution in [-0.4, -0.2) is 9.97 Å². The Kier molecular flexibility index (Phi) is 3.06. The molecule has 84 valence electrons. The summed E-state index contributed by atoms with van der Waals surface area (Å²) in [6.45, 7) is 4.68. The molecule has 0 unspecified atom stereocenters. The zero-order chi connectivity index (χ0) is 11.5. The van der Waals surface area contributed by atoms with Gasteiger partial charge in [-0.1, -0.05) is 25.1 Å². The van der Waals surface area contributed by atoms with E-state index in [1.807, 2.05) is 19.1 Å². The molecule has 0 saturated carbocycles. The lowest BCUT2D eigenvalue weighted by molar-refractivity contribution is 1.04. The average molecular weight is 215 g/mol. The van der Waals surface area contributed by atoms with Crippen LogP contribution in [0.15, 0.2) is 24.3 Å². The number of nitrogens with zero attached hydrogens (tertiary/aromatic N) is 1. The minimum atomic E-state index is 0.568. The number of H-pyrrole nitrogens is 1. The fourth-order valence-electron chi connectivity index (χ4n) is 1.88. The molecule has 0 radical (unpaired) electrons. The molecule has 0 aliphatic heterocycles. The van der Waals surface area contributed by atoms with Gasteiger partial charge in [-0.15, -0.1) is 0 Å². The predicted octanol–water partition coefficient (Wildman–Crippen LogP) is 2.41. The van der Waals surface area contributed by atoms with Crippen molar-refractivity contribution in [3.8, 4) is 11.3 Å². The summed E-state index contributed by atoms with van der Waals surface area (Å²) in [5.41, 5.74) is 10.2. The lowest BCUT2D eigenvalue weighted by Gasteiger charge is -2.02. The molecular weight excluding hydrogens is 198 g/mol. The van der Waals surface area contributed by atoms with Crippen LogP contribution in [0.5, 0.6) is 0 Å². The van der Waals surface area contributed by atoms with Gasteiger partial charge in [0, 0.05) is 17.8 Å². The van der Waals surface area contributed by atoms with E-state index in [1.54, 1.807) is 0 Å². The Hall–Kier alpha value is -1.61. The highest BCUT2D eigenvalue weighted by molar-refractivity contribution is 5.63. The molecule has 1 heterocycles. The van der Waals surface area contributed by atoms with Crippen molar-refractivity contribution in [2.24, 2.45) is 5.73 Å². The summed E-state index contributed by atoms with van der Waals surface area (Å²) in [6.07, 6.45) is 0.961. The molecule has 1 aromatic heterocycles. The first kappa shape index (κ1) is 10.9. The van der Waals surface area contributed by atoms with Crippen molar-refractivity contribution in [3.05, 3.63) is 41.3 Å². The van der Waals surface area contributed by atoms with Crippen LogP contribution in [0.3, 0.4) is 0 Å². The minimum absolute atomic E-state index is 0.568. The summed E-state index contributed by atoms with van der Waals surface area (Å²) >= 11 is 0. The van der Waals surface area contributed by atoms with E-state index < -0.39 is 0 Å². The fraction of sp³-hybridized carbons (Fsp3) is 0.308. The number of benzene rings is 1. The zero-order valence-electron chi connectivity index (χ0n) is 9.75. The molecule has 0 aliphatic rings. The van der Waals surface area contributed by atoms with Crippen molar-refractivity contribution in [3.63, 3.8) is 0 Å². The number of nitrogens with two attached hydrogens (primary N) is 1. The van der Waals surface area contributed by atoms with Crippen molar-refractivity contribution in [1.29, 1.82) is 0 Å². The highest BCUT2D eigenvalue weighted by Crippen LogP contribution is 2.22. The molecule has 0 spiro atoms. The van der Waals surface area contributed by atoms with E-state index in [9.17, 15) is 0 Å². The molecule has 0 aliphatic carbocycles. The third-order valence-corrected chi connectivity index (χ3v) is 2.69. The monoisotopic (exact) mass is 215 g/mol. The van der Waals surface area contributed by atoms with Crippen LogP contribution in [-0.2, 0) is 13.0 Å². The van der Waals surface area contributed by atoms with Crippen LogP contribution < -0.4 is 5.73 Å². The maximum atomic E-state index is 5.64. The second-order valence-corrected chi connectivity index (χ2v) is 3.91. The number of hydrogen-bond acceptors (Lipinski definition) is 2. The number of hydrogen-bond donors (Lipinski definition) is 2. The van der Waals surface area contributed by atoms with E-state index in [2.05, 4.69) is 29.0 Å². The lowest BCUT2D eigenvalue weighted by atomic mass is 10.1. The van der Waals surface area contributed by atoms with Gasteiger partial charge in [-0.3, -0.25) is 0 Å². The Bertz CT molecular complexity index is 486. The van der Waals surface area contributed by atoms with Crippen molar-refractivity contribution in [2.75, 3.05) is 0 Å². The molecule has 0 amide bonds. The van der Waals surface area contributed by atoms with Crippen molar-refractivity contribution in [1.82, 2.24) is 9.97 Å². The summed E-state index contributed by atoms with van der Waals surface area (Å²) in [6, 6.07) is 8.25. The Morgan fingerprint density at radius 3 is 2.88 bits per heavy atom. The van der Waals surface area contributed by atoms with Gasteiger partial charge in [0.15, 0.2) is 0 Å². The Labute approximate surface area is 95.7 Å². The molecule has 2 aromatic rings. The van der Waals surface area contributed by atoms with Crippen LogP contribution in [0.2, 0.25) is 0 Å². The number of aromatic nitrogens is 2. The molecule has 3 nitrogen and oxygen atoms in total. The van der Waals surface area contributed by atoms with Crippen molar-refractivity contribution in [2.45, 2.75) is 26.8 Å². The van der Waals surface area contributed by atoms with Crippen LogP contribution in [0.1, 0.15) is 24.0 Å².